The van der Waals surface area contributed by atoms with Crippen molar-refractivity contribution in [2.75, 3.05) is 17.6 Å². The van der Waals surface area contributed by atoms with Gasteiger partial charge in [-0.15, -0.1) is 0 Å². The number of nitrogens with two attached hydrogens (primary N) is 1. The molecule has 0 aromatic heterocycles. The highest BCUT2D eigenvalue weighted by molar-refractivity contribution is 9.10. The fraction of sp³-hybridized carbons (Fsp3) is 0.250. The zero-order valence-corrected chi connectivity index (χ0v) is 7.61. The molecule has 0 saturated carbocycles. The van der Waals surface area contributed by atoms with Crippen molar-refractivity contribution >= 4 is 27.3 Å². The van der Waals surface area contributed by atoms with Gasteiger partial charge in [0.1, 0.15) is 0 Å². The van der Waals surface area contributed by atoms with Crippen LogP contribution in [0.4, 0.5) is 11.4 Å². The van der Waals surface area contributed by atoms with Gasteiger partial charge in [0.05, 0.1) is 11.4 Å². The standard InChI is InChI=1S/C8H9BrN2/c9-6-1-2-7(10)8-5(6)3-4-11-8/h1-2,11H,3-4,10H2. The van der Waals surface area contributed by atoms with Gasteiger partial charge < -0.3 is 11.1 Å². The maximum absolute atomic E-state index is 5.76. The lowest BCUT2D eigenvalue weighted by Gasteiger charge is -2.04. The van der Waals surface area contributed by atoms with Crippen molar-refractivity contribution in [2.24, 2.45) is 0 Å². The summed E-state index contributed by atoms with van der Waals surface area (Å²) in [6.07, 6.45) is 1.07. The summed E-state index contributed by atoms with van der Waals surface area (Å²) in [7, 11) is 0. The van der Waals surface area contributed by atoms with E-state index in [1.807, 2.05) is 12.1 Å². The molecule has 2 rings (SSSR count). The molecule has 0 atom stereocenters. The Bertz CT molecular complexity index is 267. The highest BCUT2D eigenvalue weighted by atomic mass is 79.9. The lowest BCUT2D eigenvalue weighted by Crippen LogP contribution is -1.95. The van der Waals surface area contributed by atoms with E-state index in [1.54, 1.807) is 0 Å². The van der Waals surface area contributed by atoms with Crippen molar-refractivity contribution in [3.8, 4) is 0 Å². The van der Waals surface area contributed by atoms with Crippen LogP contribution in [0.3, 0.4) is 0 Å². The number of nitrogens with one attached hydrogen (secondary N) is 1. The van der Waals surface area contributed by atoms with Gasteiger partial charge in [-0.1, -0.05) is 15.9 Å². The van der Waals surface area contributed by atoms with E-state index in [1.165, 1.54) is 5.56 Å². The SMILES string of the molecule is Nc1ccc(Br)c2c1NCC2. The third kappa shape index (κ3) is 0.997. The molecule has 0 fully saturated rings. The average Bonchev–Trinajstić information content (AvgIpc) is 2.45. The van der Waals surface area contributed by atoms with E-state index in [0.717, 1.165) is 28.8 Å². The van der Waals surface area contributed by atoms with Gasteiger partial charge in [-0.25, -0.2) is 0 Å². The molecule has 0 amide bonds. The molecule has 1 aliphatic rings. The van der Waals surface area contributed by atoms with Gasteiger partial charge in [0, 0.05) is 11.0 Å². The molecule has 0 radical (unpaired) electrons. The van der Waals surface area contributed by atoms with Gasteiger partial charge in [0.25, 0.3) is 0 Å². The highest BCUT2D eigenvalue weighted by Crippen LogP contribution is 2.34. The molecule has 11 heavy (non-hydrogen) atoms. The van der Waals surface area contributed by atoms with Gasteiger partial charge in [-0.3, -0.25) is 0 Å². The Morgan fingerprint density at radius 1 is 1.45 bits per heavy atom. The number of nitrogen functional groups attached to an aromatic ring is 1. The summed E-state index contributed by atoms with van der Waals surface area (Å²) in [6, 6.07) is 3.92. The highest BCUT2D eigenvalue weighted by Gasteiger charge is 2.14. The minimum absolute atomic E-state index is 0.848. The van der Waals surface area contributed by atoms with Gasteiger partial charge in [0.2, 0.25) is 0 Å². The first-order chi connectivity index (χ1) is 5.29. The largest absolute Gasteiger partial charge is 0.397 e. The van der Waals surface area contributed by atoms with E-state index < -0.39 is 0 Å². The van der Waals surface area contributed by atoms with Crippen LogP contribution in [0.1, 0.15) is 5.56 Å². The van der Waals surface area contributed by atoms with Crippen LogP contribution < -0.4 is 11.1 Å². The Balaban J connectivity index is 2.64. The van der Waals surface area contributed by atoms with E-state index in [0.29, 0.717) is 0 Å². The van der Waals surface area contributed by atoms with Crippen molar-refractivity contribution in [1.82, 2.24) is 0 Å². The average molecular weight is 213 g/mol. The van der Waals surface area contributed by atoms with E-state index in [-0.39, 0.29) is 0 Å². The molecule has 1 heterocycles. The number of benzene rings is 1. The second-order valence-corrected chi connectivity index (χ2v) is 3.52. The molecule has 0 aliphatic carbocycles. The molecule has 3 N–H and O–H groups in total. The third-order valence-corrected chi connectivity index (χ3v) is 2.71. The smallest absolute Gasteiger partial charge is 0.0618 e. The summed E-state index contributed by atoms with van der Waals surface area (Å²) in [5.74, 6) is 0. The van der Waals surface area contributed by atoms with Crippen LogP contribution in [0.25, 0.3) is 0 Å². The van der Waals surface area contributed by atoms with Crippen molar-refractivity contribution in [3.63, 3.8) is 0 Å². The minimum Gasteiger partial charge on any atom is -0.397 e. The van der Waals surface area contributed by atoms with Crippen molar-refractivity contribution in [3.05, 3.63) is 22.2 Å². The predicted molar refractivity (Wildman–Crippen MR) is 50.7 cm³/mol. The lowest BCUT2D eigenvalue weighted by molar-refractivity contribution is 1.10. The molecule has 1 aromatic rings. The zero-order chi connectivity index (χ0) is 7.84. The van der Waals surface area contributed by atoms with Gasteiger partial charge in [-0.2, -0.15) is 0 Å². The first-order valence-electron chi connectivity index (χ1n) is 3.60. The first kappa shape index (κ1) is 6.98. The summed E-state index contributed by atoms with van der Waals surface area (Å²) in [5.41, 5.74) is 9.03. The number of halogens is 1. The molecule has 0 spiro atoms. The molecule has 58 valence electrons. The molecule has 1 aliphatic heterocycles. The molecule has 1 aromatic carbocycles. The van der Waals surface area contributed by atoms with Crippen LogP contribution in [0.2, 0.25) is 0 Å². The van der Waals surface area contributed by atoms with E-state index in [2.05, 4.69) is 21.2 Å². The Labute approximate surface area is 73.9 Å². The second kappa shape index (κ2) is 2.41. The van der Waals surface area contributed by atoms with Crippen LogP contribution in [0.5, 0.6) is 0 Å². The van der Waals surface area contributed by atoms with E-state index >= 15 is 0 Å². The van der Waals surface area contributed by atoms with Crippen LogP contribution in [-0.2, 0) is 6.42 Å². The van der Waals surface area contributed by atoms with Crippen LogP contribution in [0, 0.1) is 0 Å². The fourth-order valence-electron chi connectivity index (χ4n) is 1.41. The van der Waals surface area contributed by atoms with Crippen LogP contribution in [0.15, 0.2) is 16.6 Å². The minimum atomic E-state index is 0.848. The number of rotatable bonds is 0. The first-order valence-corrected chi connectivity index (χ1v) is 4.39. The maximum Gasteiger partial charge on any atom is 0.0618 e. The van der Waals surface area contributed by atoms with E-state index in [4.69, 9.17) is 5.73 Å². The number of hydrogen-bond acceptors (Lipinski definition) is 2. The van der Waals surface area contributed by atoms with Crippen LogP contribution >= 0.6 is 15.9 Å². The molecule has 0 bridgehead atoms. The molecule has 2 nitrogen and oxygen atoms in total. The van der Waals surface area contributed by atoms with Crippen LogP contribution in [-0.4, -0.2) is 6.54 Å². The van der Waals surface area contributed by atoms with Crippen molar-refractivity contribution < 1.29 is 0 Å². The Morgan fingerprint density at radius 2 is 2.27 bits per heavy atom. The number of hydrogen-bond donors (Lipinski definition) is 2. The van der Waals surface area contributed by atoms with Gasteiger partial charge in [0.15, 0.2) is 0 Å². The quantitative estimate of drug-likeness (QED) is 0.647. The summed E-state index contributed by atoms with van der Waals surface area (Å²) in [4.78, 5) is 0. The summed E-state index contributed by atoms with van der Waals surface area (Å²) < 4.78 is 1.16. The Hall–Kier alpha value is -0.700. The second-order valence-electron chi connectivity index (χ2n) is 2.67. The summed E-state index contributed by atoms with van der Waals surface area (Å²) >= 11 is 3.49. The Morgan fingerprint density at radius 3 is 3.00 bits per heavy atom. The molecule has 0 unspecified atom stereocenters. The monoisotopic (exact) mass is 212 g/mol. The predicted octanol–water partition coefficient (Wildman–Crippen LogP) is 2.00. The topological polar surface area (TPSA) is 38.0 Å². The maximum atomic E-state index is 5.76. The summed E-state index contributed by atoms with van der Waals surface area (Å²) in [5, 5.41) is 3.25. The number of anilines is 2. The van der Waals surface area contributed by atoms with Crippen molar-refractivity contribution in [1.29, 1.82) is 0 Å². The van der Waals surface area contributed by atoms with Crippen molar-refractivity contribution in [2.45, 2.75) is 6.42 Å². The van der Waals surface area contributed by atoms with Gasteiger partial charge >= 0.3 is 0 Å². The Kier molecular flexibility index (Phi) is 1.53. The van der Waals surface area contributed by atoms with E-state index in [9.17, 15) is 0 Å². The zero-order valence-electron chi connectivity index (χ0n) is 6.02. The third-order valence-electron chi connectivity index (χ3n) is 1.96. The lowest BCUT2D eigenvalue weighted by atomic mass is 10.1. The molecular weight excluding hydrogens is 204 g/mol. The van der Waals surface area contributed by atoms with Gasteiger partial charge in [-0.05, 0) is 24.1 Å². The fourth-order valence-corrected chi connectivity index (χ4v) is 1.93. The molecule has 3 heteroatoms. The summed E-state index contributed by atoms with van der Waals surface area (Å²) in [6.45, 7) is 1.00. The molecule has 0 saturated heterocycles. The molecular formula is C8H9BrN2. The number of fused-ring (bicyclic) bond motifs is 1. The normalized spacial score (nSPS) is 14.3.